The maximum absolute atomic E-state index is 13.4. The molecule has 0 saturated heterocycles. The third-order valence-electron chi connectivity index (χ3n) is 5.72. The van der Waals surface area contributed by atoms with Gasteiger partial charge in [-0.3, -0.25) is 0 Å². The third-order valence-corrected chi connectivity index (χ3v) is 5.72. The van der Waals surface area contributed by atoms with Crippen LogP contribution >= 0.6 is 0 Å². The molecule has 0 heterocycles. The third kappa shape index (κ3) is 6.50. The molecule has 0 radical (unpaired) electrons. The second kappa shape index (κ2) is 12.3. The van der Waals surface area contributed by atoms with Crippen molar-refractivity contribution < 1.29 is 19.0 Å². The lowest BCUT2D eigenvalue weighted by molar-refractivity contribution is 0.0728. The molecular formula is C29H36O4. The monoisotopic (exact) mass is 448 g/mol. The molecule has 0 aliphatic rings. The predicted octanol–water partition coefficient (Wildman–Crippen LogP) is 7.81. The molecular weight excluding hydrogens is 412 g/mol. The van der Waals surface area contributed by atoms with Crippen molar-refractivity contribution >= 4 is 16.7 Å². The number of hydrogen-bond acceptors (Lipinski definition) is 4. The summed E-state index contributed by atoms with van der Waals surface area (Å²) >= 11 is 0. The van der Waals surface area contributed by atoms with Gasteiger partial charge in [-0.2, -0.15) is 0 Å². The lowest BCUT2D eigenvalue weighted by atomic mass is 10.0. The highest BCUT2D eigenvalue weighted by Gasteiger charge is 2.22. The number of benzene rings is 3. The molecule has 0 amide bonds. The van der Waals surface area contributed by atoms with Crippen molar-refractivity contribution in [3.05, 3.63) is 65.2 Å². The number of fused-ring (bicyclic) bond motifs is 1. The van der Waals surface area contributed by atoms with Gasteiger partial charge in [-0.05, 0) is 50.5 Å². The molecule has 0 spiro atoms. The van der Waals surface area contributed by atoms with Gasteiger partial charge in [-0.1, -0.05) is 75.4 Å². The van der Waals surface area contributed by atoms with Gasteiger partial charge in [-0.25, -0.2) is 4.79 Å². The second-order valence-corrected chi connectivity index (χ2v) is 8.57. The Labute approximate surface area is 197 Å². The molecule has 0 fully saturated rings. The largest absolute Gasteiger partial charge is 0.493 e. The van der Waals surface area contributed by atoms with Crippen LogP contribution in [-0.4, -0.2) is 19.2 Å². The summed E-state index contributed by atoms with van der Waals surface area (Å²) in [5.74, 6) is 1.38. The van der Waals surface area contributed by atoms with Gasteiger partial charge in [0, 0.05) is 10.8 Å². The first-order valence-corrected chi connectivity index (χ1v) is 12.2. The van der Waals surface area contributed by atoms with E-state index in [0.29, 0.717) is 36.0 Å². The van der Waals surface area contributed by atoms with Gasteiger partial charge in [0.25, 0.3) is 0 Å². The molecule has 4 nitrogen and oxygen atoms in total. The summed E-state index contributed by atoms with van der Waals surface area (Å²) < 4.78 is 18.2. The van der Waals surface area contributed by atoms with Gasteiger partial charge in [0.2, 0.25) is 0 Å². The molecule has 33 heavy (non-hydrogen) atoms. The van der Waals surface area contributed by atoms with Crippen LogP contribution < -0.4 is 14.2 Å². The van der Waals surface area contributed by atoms with E-state index in [1.807, 2.05) is 43.3 Å². The highest BCUT2D eigenvalue weighted by atomic mass is 16.5. The van der Waals surface area contributed by atoms with Crippen molar-refractivity contribution in [2.24, 2.45) is 0 Å². The predicted molar refractivity (Wildman–Crippen MR) is 135 cm³/mol. The molecule has 0 N–H and O–H groups in total. The van der Waals surface area contributed by atoms with E-state index in [2.05, 4.69) is 26.8 Å². The molecule has 0 bridgehead atoms. The minimum absolute atomic E-state index is 0.400. The summed E-state index contributed by atoms with van der Waals surface area (Å²) in [5.41, 5.74) is 2.44. The van der Waals surface area contributed by atoms with Crippen LogP contribution in [0.25, 0.3) is 10.8 Å². The van der Waals surface area contributed by atoms with Crippen molar-refractivity contribution in [1.29, 1.82) is 0 Å². The van der Waals surface area contributed by atoms with Crippen LogP contribution in [0.1, 0.15) is 73.9 Å². The maximum atomic E-state index is 13.4. The topological polar surface area (TPSA) is 44.8 Å². The van der Waals surface area contributed by atoms with E-state index < -0.39 is 5.97 Å². The summed E-state index contributed by atoms with van der Waals surface area (Å²) in [6.45, 7) is 9.48. The first kappa shape index (κ1) is 24.6. The molecule has 0 aliphatic carbocycles. The molecule has 0 aliphatic heterocycles. The average molecular weight is 449 g/mol. The maximum Gasteiger partial charge on any atom is 0.347 e. The number of aryl methyl sites for hydroxylation is 2. The zero-order valence-electron chi connectivity index (χ0n) is 20.4. The van der Waals surface area contributed by atoms with E-state index >= 15 is 0 Å². The van der Waals surface area contributed by atoms with Crippen molar-refractivity contribution in [3.63, 3.8) is 0 Å². The van der Waals surface area contributed by atoms with E-state index in [9.17, 15) is 4.79 Å². The number of carbonyl (C=O) groups excluding carboxylic acids is 1. The number of hydrogen-bond donors (Lipinski definition) is 0. The smallest absolute Gasteiger partial charge is 0.347 e. The fraction of sp³-hybridized carbons (Fsp3) is 0.414. The Hall–Kier alpha value is -3.01. The lowest BCUT2D eigenvalue weighted by Gasteiger charge is -2.18. The quantitative estimate of drug-likeness (QED) is 0.161. The van der Waals surface area contributed by atoms with Crippen LogP contribution in [0, 0.1) is 13.8 Å². The van der Waals surface area contributed by atoms with E-state index in [4.69, 9.17) is 14.2 Å². The normalized spacial score (nSPS) is 10.9. The number of rotatable bonds is 12. The summed E-state index contributed by atoms with van der Waals surface area (Å²) in [6.07, 6.45) is 6.33. The van der Waals surface area contributed by atoms with Crippen LogP contribution in [-0.2, 0) is 0 Å². The lowest BCUT2D eigenvalue weighted by Crippen LogP contribution is -2.13. The van der Waals surface area contributed by atoms with Crippen LogP contribution in [0.3, 0.4) is 0 Å². The molecule has 176 valence electrons. The number of carbonyl (C=O) groups is 1. The molecule has 3 aromatic carbocycles. The minimum Gasteiger partial charge on any atom is -0.493 e. The Bertz CT molecular complexity index is 1070. The Morgan fingerprint density at radius 2 is 1.45 bits per heavy atom. The molecule has 0 saturated carbocycles. The summed E-state index contributed by atoms with van der Waals surface area (Å²) in [4.78, 5) is 13.4. The Morgan fingerprint density at radius 1 is 0.758 bits per heavy atom. The van der Waals surface area contributed by atoms with Gasteiger partial charge in [0.05, 0.1) is 13.2 Å². The number of para-hydroxylation sites is 1. The highest BCUT2D eigenvalue weighted by molar-refractivity contribution is 6.05. The van der Waals surface area contributed by atoms with E-state index in [-0.39, 0.29) is 0 Å². The van der Waals surface area contributed by atoms with Crippen molar-refractivity contribution in [3.8, 4) is 17.2 Å². The first-order chi connectivity index (χ1) is 16.0. The van der Waals surface area contributed by atoms with Crippen molar-refractivity contribution in [1.82, 2.24) is 0 Å². The van der Waals surface area contributed by atoms with Crippen LogP contribution in [0.2, 0.25) is 0 Å². The van der Waals surface area contributed by atoms with E-state index in [0.717, 1.165) is 60.4 Å². The molecule has 0 unspecified atom stereocenters. The summed E-state index contributed by atoms with van der Waals surface area (Å²) in [7, 11) is 0. The molecule has 0 aromatic heterocycles. The Morgan fingerprint density at radius 3 is 2.15 bits per heavy atom. The zero-order chi connectivity index (χ0) is 23.6. The van der Waals surface area contributed by atoms with Gasteiger partial charge < -0.3 is 14.2 Å². The van der Waals surface area contributed by atoms with Crippen LogP contribution in [0.15, 0.2) is 48.5 Å². The second-order valence-electron chi connectivity index (χ2n) is 8.57. The molecule has 0 atom stereocenters. The SMILES string of the molecule is CCCCCOc1cc(C(=O)Oc2ccccc2C)c(OCCCCC)c2ccc(C)cc12. The summed E-state index contributed by atoms with van der Waals surface area (Å²) in [5, 5.41) is 1.84. The minimum atomic E-state index is -0.435. The molecule has 3 aromatic rings. The first-order valence-electron chi connectivity index (χ1n) is 12.2. The standard InChI is InChI=1S/C29H36O4/c1-5-7-11-17-31-27-20-25(29(30)33-26-14-10-9-13-22(26)4)28(32-18-12-8-6-2)23-16-15-21(3)19-24(23)27/h9-10,13-16,19-20H,5-8,11-12,17-18H2,1-4H3. The highest BCUT2D eigenvalue weighted by Crippen LogP contribution is 2.38. The number of unbranched alkanes of at least 4 members (excludes halogenated alkanes) is 4. The number of ether oxygens (including phenoxy) is 3. The zero-order valence-corrected chi connectivity index (χ0v) is 20.4. The Balaban J connectivity index is 2.04. The van der Waals surface area contributed by atoms with Gasteiger partial charge >= 0.3 is 5.97 Å². The van der Waals surface area contributed by atoms with Crippen LogP contribution in [0.4, 0.5) is 0 Å². The van der Waals surface area contributed by atoms with Crippen molar-refractivity contribution in [2.45, 2.75) is 66.2 Å². The van der Waals surface area contributed by atoms with Crippen LogP contribution in [0.5, 0.6) is 17.2 Å². The average Bonchev–Trinajstić information content (AvgIpc) is 2.81. The van der Waals surface area contributed by atoms with Gasteiger partial charge in [-0.15, -0.1) is 0 Å². The Kier molecular flexibility index (Phi) is 9.17. The van der Waals surface area contributed by atoms with Gasteiger partial charge in [0.15, 0.2) is 0 Å². The van der Waals surface area contributed by atoms with E-state index in [1.165, 1.54) is 0 Å². The molecule has 3 rings (SSSR count). The summed E-state index contributed by atoms with van der Waals surface area (Å²) in [6, 6.07) is 15.5. The molecule has 4 heteroatoms. The fourth-order valence-electron chi connectivity index (χ4n) is 3.79. The fourth-order valence-corrected chi connectivity index (χ4v) is 3.79. The number of esters is 1. The van der Waals surface area contributed by atoms with Gasteiger partial charge in [0.1, 0.15) is 22.8 Å². The van der Waals surface area contributed by atoms with Crippen molar-refractivity contribution in [2.75, 3.05) is 13.2 Å². The van der Waals surface area contributed by atoms with E-state index in [1.54, 1.807) is 6.07 Å².